The molecule has 0 atom stereocenters. The zero-order valence-corrected chi connectivity index (χ0v) is 15.0. The van der Waals surface area contributed by atoms with Gasteiger partial charge in [-0.25, -0.2) is 0 Å². The summed E-state index contributed by atoms with van der Waals surface area (Å²) in [6.45, 7) is 3.52. The summed E-state index contributed by atoms with van der Waals surface area (Å²) in [5.74, 6) is 1.51. The average molecular weight is 345 g/mol. The van der Waals surface area contributed by atoms with Gasteiger partial charge in [-0.2, -0.15) is 0 Å². The molecule has 0 radical (unpaired) electrons. The maximum Gasteiger partial charge on any atom is 0.233 e. The van der Waals surface area contributed by atoms with Crippen molar-refractivity contribution in [1.82, 2.24) is 24.6 Å². The third-order valence-electron chi connectivity index (χ3n) is 4.31. The second-order valence-corrected chi connectivity index (χ2v) is 7.04. The molecule has 0 unspecified atom stereocenters. The fourth-order valence-electron chi connectivity index (χ4n) is 2.68. The summed E-state index contributed by atoms with van der Waals surface area (Å²) in [6.07, 6.45) is 0.747. The van der Waals surface area contributed by atoms with Crippen molar-refractivity contribution in [2.45, 2.75) is 11.6 Å². The van der Waals surface area contributed by atoms with E-state index >= 15 is 0 Å². The smallest absolute Gasteiger partial charge is 0.233 e. The predicted molar refractivity (Wildman–Crippen MR) is 95.1 cm³/mol. The van der Waals surface area contributed by atoms with Gasteiger partial charge >= 0.3 is 0 Å². The Labute approximate surface area is 146 Å². The zero-order valence-electron chi connectivity index (χ0n) is 14.2. The van der Waals surface area contributed by atoms with Crippen LogP contribution in [0.15, 0.2) is 35.5 Å². The lowest BCUT2D eigenvalue weighted by Crippen LogP contribution is -2.47. The molecule has 7 heteroatoms. The van der Waals surface area contributed by atoms with Crippen molar-refractivity contribution < 1.29 is 4.79 Å². The number of benzene rings is 1. The summed E-state index contributed by atoms with van der Waals surface area (Å²) in [5, 5.41) is 9.30. The van der Waals surface area contributed by atoms with Crippen LogP contribution in [0.5, 0.6) is 0 Å². The molecule has 0 aliphatic carbocycles. The molecular weight excluding hydrogens is 322 g/mol. The second kappa shape index (κ2) is 7.81. The maximum absolute atomic E-state index is 12.3. The third kappa shape index (κ3) is 4.15. The van der Waals surface area contributed by atoms with Gasteiger partial charge in [0.25, 0.3) is 0 Å². The summed E-state index contributed by atoms with van der Waals surface area (Å²) in [7, 11) is 4.05. The largest absolute Gasteiger partial charge is 0.339 e. The molecule has 1 amide bonds. The number of aromatic nitrogens is 3. The van der Waals surface area contributed by atoms with Crippen LogP contribution < -0.4 is 0 Å². The average Bonchev–Trinajstić information content (AvgIpc) is 2.94. The van der Waals surface area contributed by atoms with Crippen LogP contribution in [-0.4, -0.2) is 69.5 Å². The Morgan fingerprint density at radius 2 is 1.79 bits per heavy atom. The number of rotatable bonds is 5. The van der Waals surface area contributed by atoms with Crippen molar-refractivity contribution in [1.29, 1.82) is 0 Å². The molecule has 0 N–H and O–H groups in total. The number of likely N-dealkylation sites (N-methyl/N-ethyl adjacent to an activating group) is 1. The van der Waals surface area contributed by atoms with E-state index in [1.54, 1.807) is 0 Å². The van der Waals surface area contributed by atoms with Crippen molar-refractivity contribution in [3.05, 3.63) is 41.7 Å². The number of hydrogen-bond acceptors (Lipinski definition) is 5. The van der Waals surface area contributed by atoms with Gasteiger partial charge in [-0.15, -0.1) is 10.2 Å². The quantitative estimate of drug-likeness (QED) is 0.764. The molecule has 2 aromatic rings. The molecule has 1 aliphatic heterocycles. The number of hydrogen-bond donors (Lipinski definition) is 0. The van der Waals surface area contributed by atoms with E-state index in [-0.39, 0.29) is 5.91 Å². The van der Waals surface area contributed by atoms with Crippen molar-refractivity contribution in [2.75, 3.05) is 39.0 Å². The first-order chi connectivity index (χ1) is 11.6. The van der Waals surface area contributed by atoms with Crippen LogP contribution in [-0.2, 0) is 18.3 Å². The van der Waals surface area contributed by atoms with Crippen LogP contribution in [0.3, 0.4) is 0 Å². The zero-order chi connectivity index (χ0) is 16.9. The minimum atomic E-state index is 0.181. The Hall–Kier alpha value is -1.86. The van der Waals surface area contributed by atoms with Crippen molar-refractivity contribution in [3.63, 3.8) is 0 Å². The summed E-state index contributed by atoms with van der Waals surface area (Å²) in [5.41, 5.74) is 1.21. The molecule has 1 fully saturated rings. The highest BCUT2D eigenvalue weighted by molar-refractivity contribution is 7.99. The van der Waals surface area contributed by atoms with Crippen LogP contribution in [0.4, 0.5) is 0 Å². The first-order valence-corrected chi connectivity index (χ1v) is 9.13. The molecule has 128 valence electrons. The van der Waals surface area contributed by atoms with Gasteiger partial charge in [0.1, 0.15) is 5.82 Å². The lowest BCUT2D eigenvalue weighted by atomic mass is 10.1. The minimum Gasteiger partial charge on any atom is -0.339 e. The maximum atomic E-state index is 12.3. The topological polar surface area (TPSA) is 54.3 Å². The monoisotopic (exact) mass is 345 g/mol. The van der Waals surface area contributed by atoms with E-state index in [1.165, 1.54) is 17.3 Å². The normalized spacial score (nSPS) is 15.7. The van der Waals surface area contributed by atoms with E-state index < -0.39 is 0 Å². The molecule has 1 aromatic heterocycles. The number of piperazine rings is 1. The standard InChI is InChI=1S/C17H23N5OS/c1-20-8-10-22(11-9-20)16(23)13-24-17-19-18-15(21(17)2)12-14-6-4-3-5-7-14/h3-7H,8-13H2,1-2H3. The number of carbonyl (C=O) groups excluding carboxylic acids is 1. The van der Waals surface area contributed by atoms with Crippen molar-refractivity contribution in [3.8, 4) is 0 Å². The van der Waals surface area contributed by atoms with Crippen LogP contribution in [0.25, 0.3) is 0 Å². The van der Waals surface area contributed by atoms with E-state index in [0.29, 0.717) is 5.75 Å². The molecule has 1 aliphatic rings. The lowest BCUT2D eigenvalue weighted by Gasteiger charge is -2.32. The fourth-order valence-corrected chi connectivity index (χ4v) is 3.51. The lowest BCUT2D eigenvalue weighted by molar-refractivity contribution is -0.129. The van der Waals surface area contributed by atoms with E-state index in [2.05, 4.69) is 34.3 Å². The Bertz CT molecular complexity index is 680. The van der Waals surface area contributed by atoms with E-state index in [9.17, 15) is 4.79 Å². The Morgan fingerprint density at radius 3 is 2.50 bits per heavy atom. The highest BCUT2D eigenvalue weighted by atomic mass is 32.2. The van der Waals surface area contributed by atoms with Gasteiger partial charge in [-0.05, 0) is 12.6 Å². The van der Waals surface area contributed by atoms with Gasteiger partial charge in [0.2, 0.25) is 5.91 Å². The second-order valence-electron chi connectivity index (χ2n) is 6.09. The fraction of sp³-hybridized carbons (Fsp3) is 0.471. The summed E-state index contributed by atoms with van der Waals surface area (Å²) < 4.78 is 1.98. The Balaban J connectivity index is 1.55. The van der Waals surface area contributed by atoms with Crippen LogP contribution in [0, 0.1) is 0 Å². The van der Waals surface area contributed by atoms with Gasteiger partial charge < -0.3 is 14.4 Å². The van der Waals surface area contributed by atoms with E-state index in [1.807, 2.05) is 34.7 Å². The van der Waals surface area contributed by atoms with Crippen LogP contribution in [0.2, 0.25) is 0 Å². The SMILES string of the molecule is CN1CCN(C(=O)CSc2nnc(Cc3ccccc3)n2C)CC1. The summed E-state index contributed by atoms with van der Waals surface area (Å²) in [4.78, 5) is 16.5. The van der Waals surface area contributed by atoms with E-state index in [0.717, 1.165) is 43.6 Å². The van der Waals surface area contributed by atoms with Crippen molar-refractivity contribution in [2.24, 2.45) is 7.05 Å². The number of carbonyl (C=O) groups is 1. The number of amides is 1. The van der Waals surface area contributed by atoms with Crippen LogP contribution >= 0.6 is 11.8 Å². The molecule has 6 nitrogen and oxygen atoms in total. The summed E-state index contributed by atoms with van der Waals surface area (Å²) in [6, 6.07) is 10.2. The highest BCUT2D eigenvalue weighted by Gasteiger charge is 2.20. The van der Waals surface area contributed by atoms with Crippen molar-refractivity contribution >= 4 is 17.7 Å². The Kier molecular flexibility index (Phi) is 5.52. The molecule has 0 saturated carbocycles. The van der Waals surface area contributed by atoms with Gasteiger partial charge in [0.05, 0.1) is 5.75 Å². The molecule has 3 rings (SSSR count). The molecule has 2 heterocycles. The first kappa shape index (κ1) is 17.0. The number of nitrogens with zero attached hydrogens (tertiary/aromatic N) is 5. The molecule has 1 saturated heterocycles. The molecular formula is C17H23N5OS. The summed E-state index contributed by atoms with van der Waals surface area (Å²) >= 11 is 1.47. The first-order valence-electron chi connectivity index (χ1n) is 8.15. The molecule has 1 aromatic carbocycles. The van der Waals surface area contributed by atoms with Gasteiger partial charge in [0.15, 0.2) is 5.16 Å². The van der Waals surface area contributed by atoms with Gasteiger partial charge in [-0.3, -0.25) is 4.79 Å². The van der Waals surface area contributed by atoms with Gasteiger partial charge in [-0.1, -0.05) is 42.1 Å². The van der Waals surface area contributed by atoms with E-state index in [4.69, 9.17) is 0 Å². The van der Waals surface area contributed by atoms with Crippen LogP contribution in [0.1, 0.15) is 11.4 Å². The Morgan fingerprint density at radius 1 is 1.08 bits per heavy atom. The number of thioether (sulfide) groups is 1. The highest BCUT2D eigenvalue weighted by Crippen LogP contribution is 2.18. The third-order valence-corrected chi connectivity index (χ3v) is 5.32. The molecule has 0 spiro atoms. The van der Waals surface area contributed by atoms with Gasteiger partial charge in [0, 0.05) is 39.6 Å². The molecule has 24 heavy (non-hydrogen) atoms. The predicted octanol–water partition coefficient (Wildman–Crippen LogP) is 1.27. The molecule has 0 bridgehead atoms. The minimum absolute atomic E-state index is 0.181.